The molecule has 0 spiro atoms. The Morgan fingerprint density at radius 3 is 2.53 bits per heavy atom. The van der Waals surface area contributed by atoms with Crippen LogP contribution in [-0.2, 0) is 19.1 Å². The van der Waals surface area contributed by atoms with Crippen LogP contribution in [-0.4, -0.2) is 40.1 Å². The van der Waals surface area contributed by atoms with Crippen molar-refractivity contribution >= 4 is 17.7 Å². The van der Waals surface area contributed by atoms with Gasteiger partial charge in [0.25, 0.3) is 0 Å². The fraction of sp³-hybridized carbons (Fsp3) is 0.792. The van der Waals surface area contributed by atoms with Crippen molar-refractivity contribution in [3.05, 3.63) is 11.1 Å². The molecular formula is C24H34O6. The van der Waals surface area contributed by atoms with Gasteiger partial charge in [0.1, 0.15) is 11.9 Å². The summed E-state index contributed by atoms with van der Waals surface area (Å²) in [7, 11) is 0. The van der Waals surface area contributed by atoms with Crippen LogP contribution in [0.3, 0.4) is 0 Å². The van der Waals surface area contributed by atoms with Crippen LogP contribution in [0.5, 0.6) is 0 Å². The van der Waals surface area contributed by atoms with Gasteiger partial charge in [0.2, 0.25) is 0 Å². The topological polar surface area (TPSA) is 101 Å². The van der Waals surface area contributed by atoms with E-state index in [1.807, 2.05) is 13.8 Å². The van der Waals surface area contributed by atoms with Crippen LogP contribution in [0.25, 0.3) is 0 Å². The number of aliphatic hydroxyl groups excluding tert-OH is 1. The standard InChI is InChI=1S/C24H34O6/c1-12(25)30-19-6-5-15-22-14(7-8-24(15,19)4)21-13(10-20(28)29)9-18(27)23(2,3)16(21)11-17(22)26/h13,15-17,19,22,26H,5-11H2,1-4H3,(H,28,29). The van der Waals surface area contributed by atoms with Crippen LogP contribution in [0.4, 0.5) is 0 Å². The first-order valence-electron chi connectivity index (χ1n) is 11.3. The number of hydrogen-bond acceptors (Lipinski definition) is 5. The van der Waals surface area contributed by atoms with E-state index in [9.17, 15) is 24.6 Å². The van der Waals surface area contributed by atoms with E-state index < -0.39 is 17.5 Å². The molecule has 6 nitrogen and oxygen atoms in total. The Morgan fingerprint density at radius 2 is 1.90 bits per heavy atom. The summed E-state index contributed by atoms with van der Waals surface area (Å²) in [5.41, 5.74) is 1.60. The molecule has 7 unspecified atom stereocenters. The summed E-state index contributed by atoms with van der Waals surface area (Å²) in [5, 5.41) is 20.8. The van der Waals surface area contributed by atoms with Crippen LogP contribution in [0.15, 0.2) is 11.1 Å². The largest absolute Gasteiger partial charge is 0.481 e. The third kappa shape index (κ3) is 3.14. The van der Waals surface area contributed by atoms with Crippen LogP contribution in [0, 0.1) is 34.5 Å². The van der Waals surface area contributed by atoms with Gasteiger partial charge in [0.05, 0.1) is 12.5 Å². The molecule has 0 aromatic carbocycles. The SMILES string of the molecule is CC(=O)OC1CCC2C3C(=C4C(CC(=O)O)CC(=O)C(C)(C)C4CC3O)CCC12C. The van der Waals surface area contributed by atoms with Gasteiger partial charge in [-0.3, -0.25) is 14.4 Å². The monoisotopic (exact) mass is 418 g/mol. The molecule has 3 fully saturated rings. The summed E-state index contributed by atoms with van der Waals surface area (Å²) in [6, 6.07) is 0. The summed E-state index contributed by atoms with van der Waals surface area (Å²) >= 11 is 0. The number of ether oxygens (including phenoxy) is 1. The molecule has 3 saturated carbocycles. The zero-order valence-corrected chi connectivity index (χ0v) is 18.4. The van der Waals surface area contributed by atoms with E-state index in [-0.39, 0.29) is 59.8 Å². The van der Waals surface area contributed by atoms with E-state index >= 15 is 0 Å². The van der Waals surface area contributed by atoms with Crippen molar-refractivity contribution in [1.29, 1.82) is 0 Å². The number of esters is 1. The minimum atomic E-state index is -0.876. The number of hydrogen-bond donors (Lipinski definition) is 2. The molecule has 2 N–H and O–H groups in total. The van der Waals surface area contributed by atoms with Crippen molar-refractivity contribution in [2.75, 3.05) is 0 Å². The maximum atomic E-state index is 12.9. The second-order valence-electron chi connectivity index (χ2n) is 10.8. The number of carbonyl (C=O) groups excluding carboxylic acids is 2. The molecule has 0 bridgehead atoms. The van der Waals surface area contributed by atoms with Crippen molar-refractivity contribution in [3.63, 3.8) is 0 Å². The Balaban J connectivity index is 1.77. The first kappa shape index (κ1) is 21.5. The lowest BCUT2D eigenvalue weighted by atomic mass is 9.50. The lowest BCUT2D eigenvalue weighted by Gasteiger charge is -2.55. The van der Waals surface area contributed by atoms with Crippen LogP contribution in [0.1, 0.15) is 72.6 Å². The lowest BCUT2D eigenvalue weighted by Crippen LogP contribution is -2.53. The lowest BCUT2D eigenvalue weighted by molar-refractivity contribution is -0.154. The van der Waals surface area contributed by atoms with E-state index in [4.69, 9.17) is 4.74 Å². The number of aliphatic hydroxyl groups is 1. The van der Waals surface area contributed by atoms with Gasteiger partial charge < -0.3 is 14.9 Å². The quantitative estimate of drug-likeness (QED) is 0.537. The number of carbonyl (C=O) groups is 3. The van der Waals surface area contributed by atoms with Crippen molar-refractivity contribution < 1.29 is 29.3 Å². The third-order valence-corrected chi connectivity index (χ3v) is 8.92. The van der Waals surface area contributed by atoms with Gasteiger partial charge in [-0.15, -0.1) is 0 Å². The first-order chi connectivity index (χ1) is 14.0. The van der Waals surface area contributed by atoms with Crippen molar-refractivity contribution in [1.82, 2.24) is 0 Å². The average Bonchev–Trinajstić information content (AvgIpc) is 2.95. The highest BCUT2D eigenvalue weighted by molar-refractivity contribution is 5.87. The number of fused-ring (bicyclic) bond motifs is 4. The highest BCUT2D eigenvalue weighted by atomic mass is 16.5. The van der Waals surface area contributed by atoms with Gasteiger partial charge >= 0.3 is 11.9 Å². The summed E-state index contributed by atoms with van der Waals surface area (Å²) in [4.78, 5) is 36.1. The Labute approximate surface area is 178 Å². The van der Waals surface area contributed by atoms with Gasteiger partial charge in [-0.1, -0.05) is 31.9 Å². The zero-order chi connectivity index (χ0) is 22.0. The van der Waals surface area contributed by atoms with Gasteiger partial charge in [0, 0.05) is 30.1 Å². The maximum Gasteiger partial charge on any atom is 0.303 e. The molecule has 0 heterocycles. The van der Waals surface area contributed by atoms with Crippen LogP contribution < -0.4 is 0 Å². The summed E-state index contributed by atoms with van der Waals surface area (Å²) in [5.74, 6) is -1.23. The molecule has 0 saturated heterocycles. The van der Waals surface area contributed by atoms with Crippen molar-refractivity contribution in [3.8, 4) is 0 Å². The Morgan fingerprint density at radius 1 is 1.20 bits per heavy atom. The molecule has 0 aromatic heterocycles. The average molecular weight is 419 g/mol. The number of Topliss-reactive ketones (excluding diaryl/α,β-unsaturated/α-hetero) is 1. The summed E-state index contributed by atoms with van der Waals surface area (Å²) in [6.45, 7) is 7.53. The number of rotatable bonds is 3. The molecule has 0 aromatic rings. The smallest absolute Gasteiger partial charge is 0.303 e. The van der Waals surface area contributed by atoms with Crippen LogP contribution in [0.2, 0.25) is 0 Å². The first-order valence-corrected chi connectivity index (χ1v) is 11.3. The molecule has 6 heteroatoms. The molecule has 7 atom stereocenters. The molecule has 4 rings (SSSR count). The van der Waals surface area contributed by atoms with Gasteiger partial charge in [0.15, 0.2) is 0 Å². The predicted octanol–water partition coefficient (Wildman–Crippen LogP) is 3.51. The number of ketones is 1. The van der Waals surface area contributed by atoms with Gasteiger partial charge in [-0.05, 0) is 49.9 Å². The molecule has 0 amide bonds. The third-order valence-electron chi connectivity index (χ3n) is 8.92. The fourth-order valence-electron chi connectivity index (χ4n) is 7.36. The van der Waals surface area contributed by atoms with E-state index in [1.165, 1.54) is 12.5 Å². The normalized spacial score (nSPS) is 42.2. The highest BCUT2D eigenvalue weighted by Gasteiger charge is 2.60. The van der Waals surface area contributed by atoms with Crippen molar-refractivity contribution in [2.24, 2.45) is 34.5 Å². The fourth-order valence-corrected chi connectivity index (χ4v) is 7.36. The predicted molar refractivity (Wildman–Crippen MR) is 109 cm³/mol. The second kappa shape index (κ2) is 7.18. The summed E-state index contributed by atoms with van der Waals surface area (Å²) < 4.78 is 5.67. The molecule has 0 radical (unpaired) electrons. The van der Waals surface area contributed by atoms with E-state index in [0.29, 0.717) is 6.42 Å². The molecular weight excluding hydrogens is 384 g/mol. The van der Waals surface area contributed by atoms with Gasteiger partial charge in [-0.25, -0.2) is 0 Å². The van der Waals surface area contributed by atoms with E-state index in [1.54, 1.807) is 0 Å². The van der Waals surface area contributed by atoms with E-state index in [0.717, 1.165) is 31.3 Å². The van der Waals surface area contributed by atoms with Gasteiger partial charge in [-0.2, -0.15) is 0 Å². The zero-order valence-electron chi connectivity index (χ0n) is 18.4. The molecule has 4 aliphatic carbocycles. The minimum Gasteiger partial charge on any atom is -0.481 e. The molecule has 166 valence electrons. The molecule has 4 aliphatic rings. The minimum absolute atomic E-state index is 0.0298. The number of carboxylic acid groups (broad SMARTS) is 1. The summed E-state index contributed by atoms with van der Waals surface area (Å²) in [6.07, 6.45) is 3.40. The van der Waals surface area contributed by atoms with E-state index in [2.05, 4.69) is 6.92 Å². The Hall–Kier alpha value is -1.69. The number of carboxylic acids is 1. The second-order valence-corrected chi connectivity index (χ2v) is 10.8. The molecule has 0 aliphatic heterocycles. The maximum absolute atomic E-state index is 12.9. The highest BCUT2D eigenvalue weighted by Crippen LogP contribution is 2.63. The Bertz CT molecular complexity index is 811. The number of aliphatic carboxylic acids is 1. The van der Waals surface area contributed by atoms with Crippen LogP contribution >= 0.6 is 0 Å². The number of allylic oxidation sites excluding steroid dienone is 1. The Kier molecular flexibility index (Phi) is 5.16. The molecule has 30 heavy (non-hydrogen) atoms. The van der Waals surface area contributed by atoms with Crippen molar-refractivity contribution in [2.45, 2.75) is 84.8 Å².